The summed E-state index contributed by atoms with van der Waals surface area (Å²) in [6.45, 7) is 2.82. The van der Waals surface area contributed by atoms with Crippen LogP contribution >= 0.6 is 23.2 Å². The van der Waals surface area contributed by atoms with Gasteiger partial charge in [-0.05, 0) is 24.3 Å². The van der Waals surface area contributed by atoms with Gasteiger partial charge in [-0.3, -0.25) is 9.78 Å². The molecule has 2 heterocycles. The summed E-state index contributed by atoms with van der Waals surface area (Å²) in [4.78, 5) is 20.8. The molecule has 0 saturated carbocycles. The average Bonchev–Trinajstić information content (AvgIpc) is 2.62. The molecule has 1 amide bonds. The van der Waals surface area contributed by atoms with Crippen LogP contribution in [0.3, 0.4) is 0 Å². The molecule has 5 nitrogen and oxygen atoms in total. The Morgan fingerprint density at radius 2 is 1.67 bits per heavy atom. The summed E-state index contributed by atoms with van der Waals surface area (Å²) in [5, 5.41) is 0.674. The predicted molar refractivity (Wildman–Crippen MR) is 95.4 cm³/mol. The number of methoxy groups -OCH3 is 1. The van der Waals surface area contributed by atoms with E-state index in [1.807, 2.05) is 17.0 Å². The van der Waals surface area contributed by atoms with Crippen LogP contribution in [-0.4, -0.2) is 49.1 Å². The fourth-order valence-corrected chi connectivity index (χ4v) is 3.42. The zero-order valence-corrected chi connectivity index (χ0v) is 14.7. The first-order valence-corrected chi connectivity index (χ1v) is 8.33. The third-order valence-corrected chi connectivity index (χ3v) is 4.61. The fraction of sp³-hybridized carbons (Fsp3) is 0.294. The number of amides is 1. The number of hydrogen-bond acceptors (Lipinski definition) is 4. The Labute approximate surface area is 150 Å². The third kappa shape index (κ3) is 3.42. The molecule has 0 atom stereocenters. The van der Waals surface area contributed by atoms with Crippen LogP contribution in [0.5, 0.6) is 5.75 Å². The second-order valence-corrected chi connectivity index (χ2v) is 6.27. The van der Waals surface area contributed by atoms with Gasteiger partial charge >= 0.3 is 0 Å². The van der Waals surface area contributed by atoms with Crippen LogP contribution < -0.4 is 9.64 Å². The molecule has 2 aromatic rings. The van der Waals surface area contributed by atoms with Crippen LogP contribution in [0.1, 0.15) is 10.4 Å². The molecule has 1 aromatic carbocycles. The molecule has 0 spiro atoms. The molecule has 1 saturated heterocycles. The van der Waals surface area contributed by atoms with Crippen molar-refractivity contribution in [2.24, 2.45) is 0 Å². The molecule has 0 unspecified atom stereocenters. The van der Waals surface area contributed by atoms with Crippen molar-refractivity contribution in [1.82, 2.24) is 9.88 Å². The minimum Gasteiger partial charge on any atom is -0.494 e. The van der Waals surface area contributed by atoms with E-state index in [0.29, 0.717) is 34.4 Å². The number of ether oxygens (including phenoxy) is 1. The Kier molecular flexibility index (Phi) is 5.11. The number of carbonyl (C=O) groups excluding carboxylic acids is 1. The van der Waals surface area contributed by atoms with Gasteiger partial charge in [0.05, 0.1) is 17.2 Å². The van der Waals surface area contributed by atoms with E-state index >= 15 is 0 Å². The molecule has 7 heteroatoms. The lowest BCUT2D eigenvalue weighted by atomic mass is 10.1. The zero-order chi connectivity index (χ0) is 17.1. The first-order chi connectivity index (χ1) is 11.6. The lowest BCUT2D eigenvalue weighted by Crippen LogP contribution is -2.48. The number of carbonyl (C=O) groups is 1. The number of anilines is 1. The van der Waals surface area contributed by atoms with E-state index in [2.05, 4.69) is 9.88 Å². The maximum atomic E-state index is 12.7. The molecule has 1 fully saturated rings. The number of aromatic nitrogens is 1. The molecular weight excluding hydrogens is 349 g/mol. The topological polar surface area (TPSA) is 45.7 Å². The van der Waals surface area contributed by atoms with E-state index in [9.17, 15) is 4.79 Å². The Bertz CT molecular complexity index is 709. The second kappa shape index (κ2) is 7.28. The molecule has 1 aliphatic rings. The maximum absolute atomic E-state index is 12.7. The summed E-state index contributed by atoms with van der Waals surface area (Å²) in [6, 6.07) is 7.15. The van der Waals surface area contributed by atoms with Gasteiger partial charge in [0.25, 0.3) is 5.91 Å². The molecule has 1 aromatic heterocycles. The van der Waals surface area contributed by atoms with E-state index in [0.717, 1.165) is 18.8 Å². The standard InChI is InChI=1S/C17H17Cl2N3O2/c1-24-16-14(18)10-12(11-15(16)19)17(23)22-8-6-21(7-9-22)13-2-4-20-5-3-13/h2-5,10-11H,6-9H2,1H3. The average molecular weight is 366 g/mol. The number of piperazine rings is 1. The van der Waals surface area contributed by atoms with Gasteiger partial charge in [-0.2, -0.15) is 0 Å². The van der Waals surface area contributed by atoms with Gasteiger partial charge in [-0.25, -0.2) is 0 Å². The number of benzene rings is 1. The summed E-state index contributed by atoms with van der Waals surface area (Å²) in [6.07, 6.45) is 3.54. The van der Waals surface area contributed by atoms with Crippen molar-refractivity contribution in [2.75, 3.05) is 38.2 Å². The van der Waals surface area contributed by atoms with Gasteiger partial charge in [-0.15, -0.1) is 0 Å². The summed E-state index contributed by atoms with van der Waals surface area (Å²) >= 11 is 12.3. The molecule has 24 heavy (non-hydrogen) atoms. The molecule has 0 radical (unpaired) electrons. The quantitative estimate of drug-likeness (QED) is 0.836. The van der Waals surface area contributed by atoms with Crippen LogP contribution in [0.4, 0.5) is 5.69 Å². The Morgan fingerprint density at radius 3 is 2.21 bits per heavy atom. The van der Waals surface area contributed by atoms with Gasteiger partial charge in [-0.1, -0.05) is 23.2 Å². The number of halogens is 2. The molecular formula is C17H17Cl2N3O2. The van der Waals surface area contributed by atoms with E-state index in [4.69, 9.17) is 27.9 Å². The molecule has 3 rings (SSSR count). The van der Waals surface area contributed by atoms with Crippen molar-refractivity contribution < 1.29 is 9.53 Å². The highest BCUT2D eigenvalue weighted by molar-refractivity contribution is 6.37. The molecule has 126 valence electrons. The number of nitrogens with zero attached hydrogens (tertiary/aromatic N) is 3. The maximum Gasteiger partial charge on any atom is 0.254 e. The number of rotatable bonds is 3. The van der Waals surface area contributed by atoms with E-state index < -0.39 is 0 Å². The van der Waals surface area contributed by atoms with Gasteiger partial charge in [0, 0.05) is 49.8 Å². The monoisotopic (exact) mass is 365 g/mol. The van der Waals surface area contributed by atoms with Crippen molar-refractivity contribution in [3.8, 4) is 5.75 Å². The predicted octanol–water partition coefficient (Wildman–Crippen LogP) is 3.36. The smallest absolute Gasteiger partial charge is 0.254 e. The highest BCUT2D eigenvalue weighted by Gasteiger charge is 2.23. The van der Waals surface area contributed by atoms with Crippen molar-refractivity contribution >= 4 is 34.8 Å². The molecule has 0 aliphatic carbocycles. The minimum absolute atomic E-state index is 0.0733. The van der Waals surface area contributed by atoms with E-state index in [-0.39, 0.29) is 5.91 Å². The molecule has 0 bridgehead atoms. The molecule has 1 aliphatic heterocycles. The summed E-state index contributed by atoms with van der Waals surface area (Å²) in [5.41, 5.74) is 1.59. The van der Waals surface area contributed by atoms with Crippen molar-refractivity contribution in [3.05, 3.63) is 52.3 Å². The lowest BCUT2D eigenvalue weighted by Gasteiger charge is -2.36. The Morgan fingerprint density at radius 1 is 1.08 bits per heavy atom. The number of hydrogen-bond donors (Lipinski definition) is 0. The van der Waals surface area contributed by atoms with E-state index in [1.165, 1.54) is 7.11 Å². The SMILES string of the molecule is COc1c(Cl)cc(C(=O)N2CCN(c3ccncc3)CC2)cc1Cl. The minimum atomic E-state index is -0.0733. The third-order valence-electron chi connectivity index (χ3n) is 4.04. The van der Waals surface area contributed by atoms with Crippen LogP contribution in [0.15, 0.2) is 36.7 Å². The fourth-order valence-electron chi connectivity index (χ4n) is 2.78. The first kappa shape index (κ1) is 16.9. The van der Waals surface area contributed by atoms with Gasteiger partial charge < -0.3 is 14.5 Å². The highest BCUT2D eigenvalue weighted by atomic mass is 35.5. The van der Waals surface area contributed by atoms with Crippen molar-refractivity contribution in [2.45, 2.75) is 0 Å². The van der Waals surface area contributed by atoms with Crippen LogP contribution in [0, 0.1) is 0 Å². The first-order valence-electron chi connectivity index (χ1n) is 7.57. The summed E-state index contributed by atoms with van der Waals surface area (Å²) in [5.74, 6) is 0.313. The largest absolute Gasteiger partial charge is 0.494 e. The lowest BCUT2D eigenvalue weighted by molar-refractivity contribution is 0.0746. The van der Waals surface area contributed by atoms with Crippen LogP contribution in [0.2, 0.25) is 10.0 Å². The van der Waals surface area contributed by atoms with Crippen LogP contribution in [-0.2, 0) is 0 Å². The normalized spacial score (nSPS) is 14.6. The zero-order valence-electron chi connectivity index (χ0n) is 13.2. The highest BCUT2D eigenvalue weighted by Crippen LogP contribution is 2.34. The van der Waals surface area contributed by atoms with Gasteiger partial charge in [0.2, 0.25) is 0 Å². The Hall–Kier alpha value is -1.98. The van der Waals surface area contributed by atoms with Crippen molar-refractivity contribution in [3.63, 3.8) is 0 Å². The second-order valence-electron chi connectivity index (χ2n) is 5.46. The Balaban J connectivity index is 1.69. The summed E-state index contributed by atoms with van der Waals surface area (Å²) < 4.78 is 5.12. The van der Waals surface area contributed by atoms with E-state index in [1.54, 1.807) is 24.5 Å². The summed E-state index contributed by atoms with van der Waals surface area (Å²) in [7, 11) is 1.49. The van der Waals surface area contributed by atoms with Crippen LogP contribution in [0.25, 0.3) is 0 Å². The van der Waals surface area contributed by atoms with Gasteiger partial charge in [0.1, 0.15) is 0 Å². The van der Waals surface area contributed by atoms with Gasteiger partial charge in [0.15, 0.2) is 5.75 Å². The van der Waals surface area contributed by atoms with Crippen molar-refractivity contribution in [1.29, 1.82) is 0 Å². The molecule has 0 N–H and O–H groups in total. The number of pyridine rings is 1.